The van der Waals surface area contributed by atoms with E-state index in [0.29, 0.717) is 5.75 Å². The fourth-order valence-electron chi connectivity index (χ4n) is 2.41. The highest BCUT2D eigenvalue weighted by atomic mass is 16.5. The molecule has 0 spiro atoms. The molecule has 0 aromatic heterocycles. The first-order chi connectivity index (χ1) is 10.4. The maximum Gasteiger partial charge on any atom is 0.313 e. The number of esters is 1. The van der Waals surface area contributed by atoms with Gasteiger partial charge in [-0.05, 0) is 19.1 Å². The second-order valence-corrected chi connectivity index (χ2v) is 4.97. The van der Waals surface area contributed by atoms with E-state index >= 15 is 0 Å². The van der Waals surface area contributed by atoms with Crippen LogP contribution in [0.5, 0.6) is 5.75 Å². The SMILES string of the molecule is COC(=O)[C@H](CN1C(=O)c2cccc(OC)c2C1=O)[C@@H](C)O. The van der Waals surface area contributed by atoms with Gasteiger partial charge >= 0.3 is 5.97 Å². The first kappa shape index (κ1) is 16.0. The number of hydrogen-bond donors (Lipinski definition) is 1. The van der Waals surface area contributed by atoms with Crippen molar-refractivity contribution in [2.24, 2.45) is 5.92 Å². The van der Waals surface area contributed by atoms with E-state index in [4.69, 9.17) is 4.74 Å². The van der Waals surface area contributed by atoms with E-state index in [1.807, 2.05) is 0 Å². The number of imide groups is 1. The zero-order valence-electron chi connectivity index (χ0n) is 12.5. The molecule has 7 heteroatoms. The molecule has 22 heavy (non-hydrogen) atoms. The lowest BCUT2D eigenvalue weighted by Crippen LogP contribution is -2.41. The predicted molar refractivity (Wildman–Crippen MR) is 75.5 cm³/mol. The summed E-state index contributed by atoms with van der Waals surface area (Å²) in [5, 5.41) is 9.69. The molecule has 1 aliphatic rings. The van der Waals surface area contributed by atoms with E-state index in [1.54, 1.807) is 12.1 Å². The van der Waals surface area contributed by atoms with Crippen molar-refractivity contribution in [3.8, 4) is 5.75 Å². The van der Waals surface area contributed by atoms with Crippen molar-refractivity contribution in [1.29, 1.82) is 0 Å². The summed E-state index contributed by atoms with van der Waals surface area (Å²) in [5.74, 6) is -2.46. The number of benzene rings is 1. The first-order valence-corrected chi connectivity index (χ1v) is 6.71. The predicted octanol–water partition coefficient (Wildman–Crippen LogP) is 0.461. The third-order valence-corrected chi connectivity index (χ3v) is 3.65. The van der Waals surface area contributed by atoms with Crippen molar-refractivity contribution in [2.45, 2.75) is 13.0 Å². The minimum absolute atomic E-state index is 0.171. The standard InChI is InChI=1S/C15H17NO6/c1-8(17)10(15(20)22-3)7-16-13(18)9-5-4-6-11(21-2)12(9)14(16)19/h4-6,8,10,17H,7H2,1-3H3/t8-,10-/m1/s1. The van der Waals surface area contributed by atoms with Crippen LogP contribution >= 0.6 is 0 Å². The highest BCUT2D eigenvalue weighted by molar-refractivity contribution is 6.22. The van der Waals surface area contributed by atoms with Crippen molar-refractivity contribution >= 4 is 17.8 Å². The molecule has 1 aromatic carbocycles. The van der Waals surface area contributed by atoms with Gasteiger partial charge in [-0.3, -0.25) is 19.3 Å². The molecule has 118 valence electrons. The smallest absolute Gasteiger partial charge is 0.313 e. The van der Waals surface area contributed by atoms with Crippen LogP contribution in [0.15, 0.2) is 18.2 Å². The zero-order chi connectivity index (χ0) is 16.4. The van der Waals surface area contributed by atoms with Crippen LogP contribution in [0.1, 0.15) is 27.6 Å². The Balaban J connectivity index is 2.34. The highest BCUT2D eigenvalue weighted by Crippen LogP contribution is 2.31. The summed E-state index contributed by atoms with van der Waals surface area (Å²) in [6.45, 7) is 1.15. The number of ether oxygens (including phenoxy) is 2. The van der Waals surface area contributed by atoms with Crippen LogP contribution in [0.25, 0.3) is 0 Å². The molecule has 0 aliphatic carbocycles. The molecule has 2 rings (SSSR count). The number of methoxy groups -OCH3 is 2. The Kier molecular flexibility index (Phi) is 4.46. The van der Waals surface area contributed by atoms with Crippen molar-refractivity contribution in [2.75, 3.05) is 20.8 Å². The van der Waals surface area contributed by atoms with Crippen molar-refractivity contribution in [3.63, 3.8) is 0 Å². The van der Waals surface area contributed by atoms with E-state index in [2.05, 4.69) is 4.74 Å². The van der Waals surface area contributed by atoms with Gasteiger partial charge in [-0.2, -0.15) is 0 Å². The molecular formula is C15H17NO6. The number of carbonyl (C=O) groups is 3. The van der Waals surface area contributed by atoms with Gasteiger partial charge in [-0.15, -0.1) is 0 Å². The molecule has 1 aliphatic heterocycles. The number of aliphatic hydroxyl groups excluding tert-OH is 1. The van der Waals surface area contributed by atoms with Gasteiger partial charge in [-0.25, -0.2) is 0 Å². The minimum atomic E-state index is -1.06. The van der Waals surface area contributed by atoms with Gasteiger partial charge in [-0.1, -0.05) is 6.07 Å². The normalized spacial score (nSPS) is 16.3. The monoisotopic (exact) mass is 307 g/mol. The molecule has 0 saturated carbocycles. The summed E-state index contributed by atoms with van der Waals surface area (Å²) in [4.78, 5) is 37.4. The first-order valence-electron chi connectivity index (χ1n) is 6.71. The Morgan fingerprint density at radius 1 is 1.27 bits per heavy atom. The molecule has 0 bridgehead atoms. The number of fused-ring (bicyclic) bond motifs is 1. The van der Waals surface area contributed by atoms with Crippen LogP contribution < -0.4 is 4.74 Å². The van der Waals surface area contributed by atoms with E-state index in [-0.39, 0.29) is 17.7 Å². The molecule has 0 fully saturated rings. The molecule has 2 atom stereocenters. The van der Waals surface area contributed by atoms with Gasteiger partial charge in [0.1, 0.15) is 11.7 Å². The summed E-state index contributed by atoms with van der Waals surface area (Å²) in [7, 11) is 2.59. The molecule has 2 amide bonds. The van der Waals surface area contributed by atoms with E-state index in [9.17, 15) is 19.5 Å². The fourth-order valence-corrected chi connectivity index (χ4v) is 2.41. The number of nitrogens with zero attached hydrogens (tertiary/aromatic N) is 1. The fraction of sp³-hybridized carbons (Fsp3) is 0.400. The maximum absolute atomic E-state index is 12.4. The molecule has 1 aromatic rings. The quantitative estimate of drug-likeness (QED) is 0.627. The van der Waals surface area contributed by atoms with Crippen LogP contribution in [0.2, 0.25) is 0 Å². The number of hydrogen-bond acceptors (Lipinski definition) is 6. The van der Waals surface area contributed by atoms with Crippen molar-refractivity contribution < 1.29 is 29.0 Å². The highest BCUT2D eigenvalue weighted by Gasteiger charge is 2.41. The lowest BCUT2D eigenvalue weighted by molar-refractivity contribution is -0.149. The number of amides is 2. The Bertz CT molecular complexity index is 624. The lowest BCUT2D eigenvalue weighted by atomic mass is 10.0. The summed E-state index contributed by atoms with van der Waals surface area (Å²) in [6, 6.07) is 4.71. The summed E-state index contributed by atoms with van der Waals surface area (Å²) in [6.07, 6.45) is -1.06. The average Bonchev–Trinajstić information content (AvgIpc) is 2.75. The third kappa shape index (κ3) is 2.55. The molecule has 1 N–H and O–H groups in total. The summed E-state index contributed by atoms with van der Waals surface area (Å²) >= 11 is 0. The van der Waals surface area contributed by atoms with Crippen LogP contribution in [0, 0.1) is 5.92 Å². The number of aliphatic hydroxyl groups is 1. The zero-order valence-corrected chi connectivity index (χ0v) is 12.5. The van der Waals surface area contributed by atoms with E-state index < -0.39 is 29.8 Å². The Morgan fingerprint density at radius 2 is 1.95 bits per heavy atom. The van der Waals surface area contributed by atoms with Crippen LogP contribution in [0.4, 0.5) is 0 Å². The van der Waals surface area contributed by atoms with Gasteiger partial charge < -0.3 is 14.6 Å². The van der Waals surface area contributed by atoms with Crippen molar-refractivity contribution in [1.82, 2.24) is 4.90 Å². The molecule has 7 nitrogen and oxygen atoms in total. The Hall–Kier alpha value is -2.41. The second-order valence-electron chi connectivity index (χ2n) is 4.97. The largest absolute Gasteiger partial charge is 0.496 e. The Labute approximate surface area is 127 Å². The number of carbonyl (C=O) groups excluding carboxylic acids is 3. The Morgan fingerprint density at radius 3 is 2.50 bits per heavy atom. The van der Waals surface area contributed by atoms with Gasteiger partial charge in [0.2, 0.25) is 0 Å². The molecule has 0 unspecified atom stereocenters. The van der Waals surface area contributed by atoms with Crippen LogP contribution in [-0.4, -0.2) is 54.7 Å². The number of rotatable bonds is 5. The maximum atomic E-state index is 12.4. The van der Waals surface area contributed by atoms with E-state index in [0.717, 1.165) is 4.90 Å². The van der Waals surface area contributed by atoms with Gasteiger partial charge in [0.05, 0.1) is 31.5 Å². The van der Waals surface area contributed by atoms with Crippen molar-refractivity contribution in [3.05, 3.63) is 29.3 Å². The van der Waals surface area contributed by atoms with Gasteiger partial charge in [0, 0.05) is 6.54 Å². The van der Waals surface area contributed by atoms with Crippen LogP contribution in [0.3, 0.4) is 0 Å². The van der Waals surface area contributed by atoms with Gasteiger partial charge in [0.25, 0.3) is 11.8 Å². The van der Waals surface area contributed by atoms with E-state index in [1.165, 1.54) is 27.2 Å². The molecule has 0 saturated heterocycles. The molecular weight excluding hydrogens is 290 g/mol. The minimum Gasteiger partial charge on any atom is -0.496 e. The molecule has 0 radical (unpaired) electrons. The summed E-state index contributed by atoms with van der Waals surface area (Å²) in [5.41, 5.74) is 0.391. The van der Waals surface area contributed by atoms with Crippen LogP contribution in [-0.2, 0) is 9.53 Å². The van der Waals surface area contributed by atoms with Gasteiger partial charge in [0.15, 0.2) is 0 Å². The molecule has 1 heterocycles. The lowest BCUT2D eigenvalue weighted by Gasteiger charge is -2.22. The summed E-state index contributed by atoms with van der Waals surface area (Å²) < 4.78 is 9.71. The second kappa shape index (κ2) is 6.15. The third-order valence-electron chi connectivity index (χ3n) is 3.65. The topological polar surface area (TPSA) is 93.1 Å². The average molecular weight is 307 g/mol.